The third-order valence-electron chi connectivity index (χ3n) is 6.84. The summed E-state index contributed by atoms with van der Waals surface area (Å²) in [7, 11) is 0. The molecule has 40 heavy (non-hydrogen) atoms. The van der Waals surface area contributed by atoms with Crippen molar-refractivity contribution in [3.8, 4) is 11.5 Å². The second-order valence-corrected chi connectivity index (χ2v) is 10.4. The van der Waals surface area contributed by atoms with Crippen molar-refractivity contribution in [1.29, 1.82) is 0 Å². The van der Waals surface area contributed by atoms with E-state index in [9.17, 15) is 29.7 Å². The van der Waals surface area contributed by atoms with E-state index in [1.807, 2.05) is 26.0 Å². The number of phenolic OH excluding ortho intramolecular Hbond substituents is 1. The van der Waals surface area contributed by atoms with Crippen molar-refractivity contribution in [3.05, 3.63) is 68.1 Å². The molecule has 0 saturated carbocycles. The Balaban J connectivity index is 1.90. The van der Waals surface area contributed by atoms with Gasteiger partial charge in [-0.05, 0) is 50.0 Å². The van der Waals surface area contributed by atoms with E-state index in [0.717, 1.165) is 25.3 Å². The SMILES string of the molecule is CCCC[C@H](O)[C@H](/C=C\CCOc1ccc(C(C)=O)c(O)c1CCC)C1=c2c(=O)cc(C(=O)O)oc2=CC(=S)C1. The van der Waals surface area contributed by atoms with Crippen molar-refractivity contribution in [2.24, 2.45) is 5.92 Å². The number of fused-ring (bicyclic) bond motifs is 1. The molecule has 1 aromatic heterocycles. The highest BCUT2D eigenvalue weighted by Gasteiger charge is 2.26. The fraction of sp³-hybridized carbons (Fsp3) is 0.419. The van der Waals surface area contributed by atoms with Gasteiger partial charge >= 0.3 is 5.97 Å². The Morgan fingerprint density at radius 1 is 1.23 bits per heavy atom. The van der Waals surface area contributed by atoms with Crippen molar-refractivity contribution in [1.82, 2.24) is 0 Å². The van der Waals surface area contributed by atoms with Crippen LogP contribution in [0.2, 0.25) is 0 Å². The van der Waals surface area contributed by atoms with Gasteiger partial charge in [0.15, 0.2) is 11.2 Å². The van der Waals surface area contributed by atoms with Gasteiger partial charge in [-0.15, -0.1) is 0 Å². The number of ketones is 1. The Hall–Kier alpha value is -3.56. The summed E-state index contributed by atoms with van der Waals surface area (Å²) >= 11 is 5.43. The van der Waals surface area contributed by atoms with Crippen LogP contribution in [-0.2, 0) is 6.42 Å². The number of carboxylic acids is 1. The second kappa shape index (κ2) is 14.2. The van der Waals surface area contributed by atoms with E-state index in [1.165, 1.54) is 13.0 Å². The van der Waals surface area contributed by atoms with Crippen LogP contribution in [-0.4, -0.2) is 44.6 Å². The summed E-state index contributed by atoms with van der Waals surface area (Å²) < 4.78 is 11.4. The van der Waals surface area contributed by atoms with Crippen LogP contribution in [0.3, 0.4) is 0 Å². The minimum Gasteiger partial charge on any atom is -0.507 e. The van der Waals surface area contributed by atoms with Crippen molar-refractivity contribution in [2.75, 3.05) is 6.61 Å². The number of benzene rings is 1. The molecule has 0 aliphatic heterocycles. The number of hydrogen-bond donors (Lipinski definition) is 3. The lowest BCUT2D eigenvalue weighted by atomic mass is 9.84. The van der Waals surface area contributed by atoms with Crippen LogP contribution in [0.15, 0.2) is 39.6 Å². The molecule has 0 bridgehead atoms. The third-order valence-corrected chi connectivity index (χ3v) is 7.10. The number of aliphatic hydroxyl groups excluding tert-OH is 1. The summed E-state index contributed by atoms with van der Waals surface area (Å²) in [6.07, 6.45) is 8.68. The molecule has 1 heterocycles. The fourth-order valence-corrected chi connectivity index (χ4v) is 5.13. The molecule has 1 aromatic carbocycles. The molecular formula is C31H36O8S. The first-order valence-electron chi connectivity index (χ1n) is 13.6. The number of ether oxygens (including phenoxy) is 1. The minimum atomic E-state index is -1.35. The molecule has 0 radical (unpaired) electrons. The number of carboxylic acid groups (broad SMARTS) is 1. The molecule has 8 nitrogen and oxygen atoms in total. The zero-order chi connectivity index (χ0) is 29.4. The summed E-state index contributed by atoms with van der Waals surface area (Å²) in [6, 6.07) is 4.21. The number of carbonyl (C=O) groups excluding carboxylic acids is 1. The smallest absolute Gasteiger partial charge is 0.371 e. The molecule has 9 heteroatoms. The van der Waals surface area contributed by atoms with Gasteiger partial charge in [-0.3, -0.25) is 9.59 Å². The number of thiocarbonyl (C=S) groups is 1. The molecule has 214 valence electrons. The van der Waals surface area contributed by atoms with Crippen molar-refractivity contribution in [2.45, 2.75) is 71.8 Å². The number of phenols is 1. The van der Waals surface area contributed by atoms with Gasteiger partial charge in [-0.1, -0.05) is 57.5 Å². The van der Waals surface area contributed by atoms with Crippen molar-refractivity contribution >= 4 is 40.5 Å². The van der Waals surface area contributed by atoms with Gasteiger partial charge in [0.1, 0.15) is 16.9 Å². The van der Waals surface area contributed by atoms with Crippen molar-refractivity contribution in [3.63, 3.8) is 0 Å². The Kier molecular flexibility index (Phi) is 11.0. The van der Waals surface area contributed by atoms with Crippen LogP contribution in [0, 0.1) is 5.92 Å². The van der Waals surface area contributed by atoms with E-state index in [4.69, 9.17) is 21.4 Å². The second-order valence-electron chi connectivity index (χ2n) is 9.88. The number of hydrogen-bond acceptors (Lipinski definition) is 8. The maximum atomic E-state index is 13.0. The normalized spacial score (nSPS) is 14.5. The Morgan fingerprint density at radius 2 is 1.98 bits per heavy atom. The molecule has 0 fully saturated rings. The van der Waals surface area contributed by atoms with Crippen LogP contribution in [0.1, 0.15) is 85.8 Å². The van der Waals surface area contributed by atoms with Crippen molar-refractivity contribution < 1.29 is 34.1 Å². The lowest BCUT2D eigenvalue weighted by molar-refractivity contribution is 0.0656. The highest BCUT2D eigenvalue weighted by Crippen LogP contribution is 2.33. The summed E-state index contributed by atoms with van der Waals surface area (Å²) in [6.45, 7) is 5.69. The van der Waals surface area contributed by atoms with E-state index in [-0.39, 0.29) is 40.8 Å². The molecule has 0 saturated heterocycles. The Morgan fingerprint density at radius 3 is 2.62 bits per heavy atom. The average molecular weight is 569 g/mol. The van der Waals surface area contributed by atoms with Gasteiger partial charge in [0.25, 0.3) is 0 Å². The summed E-state index contributed by atoms with van der Waals surface area (Å²) in [4.78, 5) is 36.7. The van der Waals surface area contributed by atoms with Gasteiger partial charge in [0.05, 0.1) is 23.5 Å². The predicted octanol–water partition coefficient (Wildman–Crippen LogP) is 4.10. The zero-order valence-electron chi connectivity index (χ0n) is 23.1. The number of aromatic hydroxyl groups is 1. The third kappa shape index (κ3) is 7.34. The number of rotatable bonds is 14. The number of aromatic carboxylic acids is 1. The number of Topliss-reactive ketones (excluding diaryl/α,β-unsaturated/α-hetero) is 1. The average Bonchev–Trinajstić information content (AvgIpc) is 2.90. The molecule has 0 spiro atoms. The van der Waals surface area contributed by atoms with Crippen LogP contribution in [0.4, 0.5) is 0 Å². The fourth-order valence-electron chi connectivity index (χ4n) is 4.87. The first-order chi connectivity index (χ1) is 19.1. The highest BCUT2D eigenvalue weighted by molar-refractivity contribution is 7.81. The topological polar surface area (TPSA) is 134 Å². The molecule has 2 aromatic rings. The number of aliphatic hydroxyl groups is 1. The van der Waals surface area contributed by atoms with E-state index in [2.05, 4.69) is 0 Å². The van der Waals surface area contributed by atoms with Gasteiger partial charge in [0, 0.05) is 28.8 Å². The number of carbonyl (C=O) groups is 2. The molecule has 0 unspecified atom stereocenters. The van der Waals surface area contributed by atoms with Gasteiger partial charge < -0.3 is 24.5 Å². The quantitative estimate of drug-likeness (QED) is 0.133. The first kappa shape index (κ1) is 31.0. The minimum absolute atomic E-state index is 0.0495. The molecule has 3 rings (SSSR count). The van der Waals surface area contributed by atoms with Gasteiger partial charge in [0.2, 0.25) is 5.76 Å². The van der Waals surface area contributed by atoms with E-state index < -0.39 is 29.2 Å². The lowest BCUT2D eigenvalue weighted by Gasteiger charge is -2.24. The van der Waals surface area contributed by atoms with Crippen LogP contribution < -0.4 is 20.8 Å². The van der Waals surface area contributed by atoms with Gasteiger partial charge in [-0.2, -0.15) is 0 Å². The maximum absolute atomic E-state index is 13.0. The highest BCUT2D eigenvalue weighted by atomic mass is 32.1. The van der Waals surface area contributed by atoms with Gasteiger partial charge in [-0.25, -0.2) is 4.79 Å². The summed E-state index contributed by atoms with van der Waals surface area (Å²) in [5.41, 5.74) is 1.06. The van der Waals surface area contributed by atoms with Crippen LogP contribution in [0.25, 0.3) is 11.6 Å². The zero-order valence-corrected chi connectivity index (χ0v) is 23.9. The van der Waals surface area contributed by atoms with Crippen LogP contribution in [0.5, 0.6) is 11.5 Å². The first-order valence-corrected chi connectivity index (χ1v) is 14.0. The predicted molar refractivity (Wildman–Crippen MR) is 157 cm³/mol. The molecule has 2 atom stereocenters. The number of unbranched alkanes of at least 4 members (excludes halogenated alkanes) is 1. The Bertz CT molecular complexity index is 1480. The van der Waals surface area contributed by atoms with E-state index in [0.29, 0.717) is 41.0 Å². The maximum Gasteiger partial charge on any atom is 0.371 e. The summed E-state index contributed by atoms with van der Waals surface area (Å²) in [5.74, 6) is -2.11. The van der Waals surface area contributed by atoms with Crippen LogP contribution >= 0.6 is 12.2 Å². The summed E-state index contributed by atoms with van der Waals surface area (Å²) in [5, 5.41) is 31.2. The standard InChI is InChI=1S/C31H36O8S/c1-4-6-11-24(33)21(23-15-19(40)16-27-29(23)25(34)17-28(39-27)31(36)37)10-7-8-14-38-26-13-12-20(18(3)32)30(35)22(26)9-5-2/h7,10,12-13,16-17,21,24,33,35H,4-6,8-9,11,14-15H2,1-3H3,(H,36,37)/b10-7-/t21-,24+/m1/s1. The lowest BCUT2D eigenvalue weighted by Crippen LogP contribution is -2.46. The largest absolute Gasteiger partial charge is 0.507 e. The molecule has 1 aliphatic rings. The molecule has 3 N–H and O–H groups in total. The molecule has 0 amide bonds. The van der Waals surface area contributed by atoms with E-state index in [1.54, 1.807) is 12.1 Å². The molecule has 1 aliphatic carbocycles. The molecular weight excluding hydrogens is 532 g/mol. The monoisotopic (exact) mass is 568 g/mol. The van der Waals surface area contributed by atoms with E-state index >= 15 is 0 Å². The Labute approximate surface area is 238 Å².